The van der Waals surface area contributed by atoms with Crippen molar-refractivity contribution in [2.75, 3.05) is 26.4 Å². The molecular formula is C26H28N2O5S. The molecule has 1 N–H and O–H groups in total. The summed E-state index contributed by atoms with van der Waals surface area (Å²) in [5, 5.41) is 3.79. The summed E-state index contributed by atoms with van der Waals surface area (Å²) in [7, 11) is 0. The third-order valence-electron chi connectivity index (χ3n) is 6.50. The first-order chi connectivity index (χ1) is 16.6. The summed E-state index contributed by atoms with van der Waals surface area (Å²) in [6.45, 7) is 1.29. The van der Waals surface area contributed by atoms with Gasteiger partial charge >= 0.3 is 5.97 Å². The molecule has 178 valence electrons. The molecule has 2 aliphatic rings. The number of amides is 1. The molecule has 34 heavy (non-hydrogen) atoms. The molecule has 1 saturated carbocycles. The number of fused-ring (bicyclic) bond motifs is 2. The summed E-state index contributed by atoms with van der Waals surface area (Å²) >= 11 is 1.63. The van der Waals surface area contributed by atoms with Gasteiger partial charge in [-0.2, -0.15) is 0 Å². The first-order valence-electron chi connectivity index (χ1n) is 11.8. The van der Waals surface area contributed by atoms with Crippen LogP contribution >= 0.6 is 11.3 Å². The van der Waals surface area contributed by atoms with Crippen molar-refractivity contribution in [1.82, 2.24) is 10.3 Å². The van der Waals surface area contributed by atoms with E-state index in [0.29, 0.717) is 32.6 Å². The third kappa shape index (κ3) is 5.01. The molecule has 1 aliphatic heterocycles. The minimum absolute atomic E-state index is 0.262. The molecule has 5 rings (SSSR count). The van der Waals surface area contributed by atoms with Gasteiger partial charge in [0.1, 0.15) is 13.2 Å². The van der Waals surface area contributed by atoms with Crippen LogP contribution < -0.4 is 14.8 Å². The average molecular weight is 481 g/mol. The molecule has 0 atom stereocenters. The Morgan fingerprint density at radius 3 is 2.68 bits per heavy atom. The number of hydrogen-bond acceptors (Lipinski definition) is 7. The van der Waals surface area contributed by atoms with E-state index in [1.807, 2.05) is 42.5 Å². The Kier molecular flexibility index (Phi) is 6.67. The lowest BCUT2D eigenvalue weighted by Crippen LogP contribution is -2.36. The maximum Gasteiger partial charge on any atom is 0.313 e. The number of aromatic nitrogens is 1. The van der Waals surface area contributed by atoms with Gasteiger partial charge in [-0.15, -0.1) is 11.3 Å². The Hall–Kier alpha value is -3.13. The SMILES string of the molecule is O=C(COC(=O)C1(Cc2nc3ccccc3s2)CCCC1)NCCc1ccc2c(c1)OCCO2. The summed E-state index contributed by atoms with van der Waals surface area (Å²) in [5.41, 5.74) is 1.42. The van der Waals surface area contributed by atoms with Gasteiger partial charge in [0.15, 0.2) is 18.1 Å². The second-order valence-corrected chi connectivity index (χ2v) is 10.0. The summed E-state index contributed by atoms with van der Waals surface area (Å²) in [6, 6.07) is 13.8. The number of benzene rings is 2. The third-order valence-corrected chi connectivity index (χ3v) is 7.53. The zero-order chi connectivity index (χ0) is 23.4. The van der Waals surface area contributed by atoms with E-state index in [0.717, 1.165) is 58.0 Å². The first kappa shape index (κ1) is 22.7. The number of carbonyl (C=O) groups excluding carboxylic acids is 2. The van der Waals surface area contributed by atoms with Crippen molar-refractivity contribution >= 4 is 33.4 Å². The minimum atomic E-state index is -0.584. The molecule has 0 saturated heterocycles. The maximum absolute atomic E-state index is 13.1. The largest absolute Gasteiger partial charge is 0.486 e. The molecule has 0 unspecified atom stereocenters. The minimum Gasteiger partial charge on any atom is -0.486 e. The zero-order valence-electron chi connectivity index (χ0n) is 19.0. The van der Waals surface area contributed by atoms with E-state index >= 15 is 0 Å². The van der Waals surface area contributed by atoms with Crippen molar-refractivity contribution in [2.45, 2.75) is 38.5 Å². The lowest BCUT2D eigenvalue weighted by Gasteiger charge is -2.25. The number of rotatable bonds is 8. The molecule has 1 amide bonds. The molecule has 2 heterocycles. The number of para-hydroxylation sites is 1. The van der Waals surface area contributed by atoms with Crippen LogP contribution in [0.4, 0.5) is 0 Å². The van der Waals surface area contributed by atoms with Gasteiger partial charge in [0, 0.05) is 13.0 Å². The van der Waals surface area contributed by atoms with Gasteiger partial charge in [-0.25, -0.2) is 4.98 Å². The van der Waals surface area contributed by atoms with Crippen molar-refractivity contribution < 1.29 is 23.8 Å². The van der Waals surface area contributed by atoms with Gasteiger partial charge in [0.05, 0.1) is 20.6 Å². The Balaban J connectivity index is 1.12. The molecular weight excluding hydrogens is 452 g/mol. The number of ether oxygens (including phenoxy) is 3. The highest BCUT2D eigenvalue weighted by molar-refractivity contribution is 7.18. The van der Waals surface area contributed by atoms with Crippen LogP contribution in [0.3, 0.4) is 0 Å². The molecule has 0 radical (unpaired) electrons. The van der Waals surface area contributed by atoms with Crippen LogP contribution in [-0.2, 0) is 27.2 Å². The van der Waals surface area contributed by atoms with Crippen LogP contribution in [0.5, 0.6) is 11.5 Å². The number of nitrogens with one attached hydrogen (secondary N) is 1. The second kappa shape index (κ2) is 10.0. The van der Waals surface area contributed by atoms with Crippen LogP contribution in [0.25, 0.3) is 10.2 Å². The zero-order valence-corrected chi connectivity index (χ0v) is 19.8. The molecule has 0 spiro atoms. The van der Waals surface area contributed by atoms with Crippen LogP contribution in [0.1, 0.15) is 36.3 Å². The number of thiazole rings is 1. The van der Waals surface area contributed by atoms with E-state index in [9.17, 15) is 9.59 Å². The smallest absolute Gasteiger partial charge is 0.313 e. The lowest BCUT2D eigenvalue weighted by molar-refractivity contribution is -0.158. The Morgan fingerprint density at radius 1 is 1.06 bits per heavy atom. The molecule has 3 aromatic rings. The normalized spacial score (nSPS) is 16.4. The Morgan fingerprint density at radius 2 is 1.85 bits per heavy atom. The molecule has 1 aromatic heterocycles. The van der Waals surface area contributed by atoms with Gasteiger partial charge in [-0.1, -0.05) is 31.0 Å². The van der Waals surface area contributed by atoms with E-state index in [-0.39, 0.29) is 18.5 Å². The molecule has 1 fully saturated rings. The predicted molar refractivity (Wildman–Crippen MR) is 129 cm³/mol. The number of hydrogen-bond donors (Lipinski definition) is 1. The Bertz CT molecular complexity index is 1150. The fraction of sp³-hybridized carbons (Fsp3) is 0.423. The fourth-order valence-electron chi connectivity index (χ4n) is 4.71. The molecule has 8 heteroatoms. The standard InChI is InChI=1S/C26H28N2O5S/c29-23(27-12-9-18-7-8-20-21(15-18)32-14-13-31-20)17-33-25(30)26(10-3-4-11-26)16-24-28-19-5-1-2-6-22(19)34-24/h1-2,5-8,15H,3-4,9-14,16-17H2,(H,27,29). The summed E-state index contributed by atoms with van der Waals surface area (Å²) < 4.78 is 17.8. The summed E-state index contributed by atoms with van der Waals surface area (Å²) in [4.78, 5) is 30.1. The number of nitrogens with zero attached hydrogens (tertiary/aromatic N) is 1. The highest BCUT2D eigenvalue weighted by atomic mass is 32.1. The van der Waals surface area contributed by atoms with E-state index in [4.69, 9.17) is 19.2 Å². The van der Waals surface area contributed by atoms with Crippen molar-refractivity contribution in [1.29, 1.82) is 0 Å². The summed E-state index contributed by atoms with van der Waals surface area (Å²) in [6.07, 6.45) is 4.74. The second-order valence-electron chi connectivity index (χ2n) is 8.89. The van der Waals surface area contributed by atoms with Crippen molar-refractivity contribution in [3.05, 3.63) is 53.0 Å². The van der Waals surface area contributed by atoms with Crippen LogP contribution in [0.2, 0.25) is 0 Å². The van der Waals surface area contributed by atoms with E-state index in [2.05, 4.69) is 5.32 Å². The van der Waals surface area contributed by atoms with Gasteiger partial charge < -0.3 is 19.5 Å². The topological polar surface area (TPSA) is 86.8 Å². The monoisotopic (exact) mass is 480 g/mol. The van der Waals surface area contributed by atoms with Gasteiger partial charge in [0.2, 0.25) is 0 Å². The van der Waals surface area contributed by atoms with Gasteiger partial charge in [-0.3, -0.25) is 9.59 Å². The molecule has 1 aliphatic carbocycles. The average Bonchev–Trinajstić information content (AvgIpc) is 3.50. The molecule has 0 bridgehead atoms. The lowest BCUT2D eigenvalue weighted by atomic mass is 9.83. The fourth-order valence-corrected chi connectivity index (χ4v) is 5.83. The van der Waals surface area contributed by atoms with Crippen LogP contribution in [0, 0.1) is 5.41 Å². The van der Waals surface area contributed by atoms with Crippen LogP contribution in [-0.4, -0.2) is 43.2 Å². The van der Waals surface area contributed by atoms with Crippen molar-refractivity contribution in [2.24, 2.45) is 5.41 Å². The van der Waals surface area contributed by atoms with Gasteiger partial charge in [-0.05, 0) is 49.1 Å². The summed E-state index contributed by atoms with van der Waals surface area (Å²) in [5.74, 6) is 0.905. The predicted octanol–water partition coefficient (Wildman–Crippen LogP) is 4.07. The Labute approximate surface area is 202 Å². The highest BCUT2D eigenvalue weighted by Crippen LogP contribution is 2.43. The van der Waals surface area contributed by atoms with E-state index < -0.39 is 5.41 Å². The van der Waals surface area contributed by atoms with Crippen LogP contribution in [0.15, 0.2) is 42.5 Å². The molecule has 7 nitrogen and oxygen atoms in total. The van der Waals surface area contributed by atoms with E-state index in [1.165, 1.54) is 0 Å². The van der Waals surface area contributed by atoms with Crippen molar-refractivity contribution in [3.8, 4) is 11.5 Å². The number of carbonyl (C=O) groups is 2. The number of esters is 1. The maximum atomic E-state index is 13.1. The first-order valence-corrected chi connectivity index (χ1v) is 12.6. The quantitative estimate of drug-likeness (QED) is 0.489. The molecule has 2 aromatic carbocycles. The van der Waals surface area contributed by atoms with E-state index in [1.54, 1.807) is 11.3 Å². The van der Waals surface area contributed by atoms with Crippen molar-refractivity contribution in [3.63, 3.8) is 0 Å². The highest BCUT2D eigenvalue weighted by Gasteiger charge is 2.43. The van der Waals surface area contributed by atoms with Gasteiger partial charge in [0.25, 0.3) is 5.91 Å².